The average molecular weight is 319 g/mol. The number of benzene rings is 1. The largest absolute Gasteiger partial charge is 0.486 e. The zero-order chi connectivity index (χ0) is 16.2. The molecule has 0 aromatic heterocycles. The predicted octanol–water partition coefficient (Wildman–Crippen LogP) is 2.45. The fraction of sp³-hybridized carbons (Fsp3) is 0.588. The Kier molecular flexibility index (Phi) is 4.91. The fourth-order valence-corrected chi connectivity index (χ4v) is 3.03. The molecule has 1 aromatic carbocycles. The highest BCUT2D eigenvalue weighted by Gasteiger charge is 2.22. The van der Waals surface area contributed by atoms with Gasteiger partial charge >= 0.3 is 6.03 Å². The molecule has 6 heteroatoms. The Hall–Kier alpha value is -1.95. The van der Waals surface area contributed by atoms with Gasteiger partial charge < -0.3 is 25.0 Å². The van der Waals surface area contributed by atoms with Crippen LogP contribution >= 0.6 is 0 Å². The summed E-state index contributed by atoms with van der Waals surface area (Å²) in [6.07, 6.45) is 1.99. The predicted molar refractivity (Wildman–Crippen MR) is 89.3 cm³/mol. The van der Waals surface area contributed by atoms with Crippen molar-refractivity contribution < 1.29 is 14.3 Å². The number of carbonyl (C=O) groups is 1. The highest BCUT2D eigenvalue weighted by atomic mass is 16.6. The Balaban J connectivity index is 1.50. The van der Waals surface area contributed by atoms with E-state index in [4.69, 9.17) is 9.47 Å². The second-order valence-electron chi connectivity index (χ2n) is 6.36. The maximum Gasteiger partial charge on any atom is 0.319 e. The van der Waals surface area contributed by atoms with Gasteiger partial charge in [0, 0.05) is 36.9 Å². The van der Waals surface area contributed by atoms with Crippen molar-refractivity contribution >= 4 is 11.7 Å². The highest BCUT2D eigenvalue weighted by molar-refractivity contribution is 5.89. The third kappa shape index (κ3) is 4.07. The molecule has 3 rings (SSSR count). The third-order valence-electron chi connectivity index (χ3n) is 4.40. The number of hydrogen-bond acceptors (Lipinski definition) is 4. The molecule has 1 saturated heterocycles. The van der Waals surface area contributed by atoms with E-state index in [1.54, 1.807) is 6.07 Å². The molecule has 23 heavy (non-hydrogen) atoms. The van der Waals surface area contributed by atoms with E-state index in [-0.39, 0.29) is 12.1 Å². The molecule has 2 heterocycles. The van der Waals surface area contributed by atoms with Crippen LogP contribution < -0.4 is 20.1 Å². The van der Waals surface area contributed by atoms with E-state index in [9.17, 15) is 4.79 Å². The number of nitrogens with zero attached hydrogens (tertiary/aromatic N) is 1. The second kappa shape index (κ2) is 7.08. The highest BCUT2D eigenvalue weighted by Crippen LogP contribution is 2.32. The van der Waals surface area contributed by atoms with Crippen molar-refractivity contribution in [2.75, 3.05) is 31.6 Å². The number of anilines is 1. The van der Waals surface area contributed by atoms with E-state index < -0.39 is 0 Å². The number of rotatable bonds is 3. The van der Waals surface area contributed by atoms with E-state index in [0.717, 1.165) is 31.7 Å². The van der Waals surface area contributed by atoms with Gasteiger partial charge in [-0.25, -0.2) is 4.79 Å². The summed E-state index contributed by atoms with van der Waals surface area (Å²) in [4.78, 5) is 14.6. The number of ether oxygens (including phenoxy) is 2. The molecule has 126 valence electrons. The molecule has 0 saturated carbocycles. The van der Waals surface area contributed by atoms with Gasteiger partial charge in [-0.1, -0.05) is 0 Å². The van der Waals surface area contributed by atoms with E-state index in [1.807, 2.05) is 12.1 Å². The van der Waals surface area contributed by atoms with Gasteiger partial charge in [0.05, 0.1) is 0 Å². The number of piperidine rings is 1. The summed E-state index contributed by atoms with van der Waals surface area (Å²) < 4.78 is 11.0. The minimum absolute atomic E-state index is 0.162. The molecule has 2 amide bonds. The van der Waals surface area contributed by atoms with Crippen LogP contribution in [0.25, 0.3) is 0 Å². The van der Waals surface area contributed by atoms with Crippen molar-refractivity contribution in [1.29, 1.82) is 0 Å². The van der Waals surface area contributed by atoms with E-state index >= 15 is 0 Å². The molecular weight excluding hydrogens is 294 g/mol. The zero-order valence-corrected chi connectivity index (χ0v) is 13.8. The molecule has 0 unspecified atom stereocenters. The van der Waals surface area contributed by atoms with Gasteiger partial charge in [-0.05, 0) is 38.8 Å². The lowest BCUT2D eigenvalue weighted by Gasteiger charge is -2.34. The van der Waals surface area contributed by atoms with Gasteiger partial charge in [-0.15, -0.1) is 0 Å². The van der Waals surface area contributed by atoms with Gasteiger partial charge in [0.25, 0.3) is 0 Å². The summed E-state index contributed by atoms with van der Waals surface area (Å²) in [5.74, 6) is 1.41. The number of carbonyl (C=O) groups excluding carboxylic acids is 1. The number of likely N-dealkylation sites (tertiary alicyclic amines) is 1. The molecular formula is C17H25N3O3. The quantitative estimate of drug-likeness (QED) is 0.898. The standard InChI is InChI=1S/C17H25N3O3/c1-12(2)20-7-5-13(6-8-20)18-17(21)19-14-3-4-15-16(11-14)23-10-9-22-15/h3-4,11-13H,5-10H2,1-2H3,(H2,18,19,21). The Morgan fingerprint density at radius 2 is 1.87 bits per heavy atom. The molecule has 2 N–H and O–H groups in total. The number of nitrogens with one attached hydrogen (secondary N) is 2. The van der Waals surface area contributed by atoms with Crippen molar-refractivity contribution in [2.45, 2.75) is 38.8 Å². The zero-order valence-electron chi connectivity index (χ0n) is 13.8. The van der Waals surface area contributed by atoms with Gasteiger partial charge in [0.2, 0.25) is 0 Å². The lowest BCUT2D eigenvalue weighted by atomic mass is 10.0. The van der Waals surface area contributed by atoms with Crippen molar-refractivity contribution in [1.82, 2.24) is 10.2 Å². The van der Waals surface area contributed by atoms with Gasteiger partial charge in [0.15, 0.2) is 11.5 Å². The molecule has 1 aromatic rings. The molecule has 1 fully saturated rings. The first-order valence-electron chi connectivity index (χ1n) is 8.33. The summed E-state index contributed by atoms with van der Waals surface area (Å²) >= 11 is 0. The Labute approximate surface area is 137 Å². The fourth-order valence-electron chi connectivity index (χ4n) is 3.03. The molecule has 0 atom stereocenters. The van der Waals surface area contributed by atoms with Crippen LogP contribution in [-0.2, 0) is 0 Å². The number of hydrogen-bond donors (Lipinski definition) is 2. The molecule has 0 bridgehead atoms. The SMILES string of the molecule is CC(C)N1CCC(NC(=O)Nc2ccc3c(c2)OCCO3)CC1. The van der Waals surface area contributed by atoms with Crippen LogP contribution in [0.4, 0.5) is 10.5 Å². The van der Waals surface area contributed by atoms with E-state index in [0.29, 0.717) is 30.7 Å². The maximum atomic E-state index is 12.2. The Bertz CT molecular complexity index is 554. The molecule has 0 aliphatic carbocycles. The number of fused-ring (bicyclic) bond motifs is 1. The Morgan fingerprint density at radius 1 is 1.17 bits per heavy atom. The van der Waals surface area contributed by atoms with Crippen LogP contribution in [0.1, 0.15) is 26.7 Å². The van der Waals surface area contributed by atoms with Crippen molar-refractivity contribution in [2.24, 2.45) is 0 Å². The second-order valence-corrected chi connectivity index (χ2v) is 6.36. The average Bonchev–Trinajstić information content (AvgIpc) is 2.55. The smallest absolute Gasteiger partial charge is 0.319 e. The molecule has 0 spiro atoms. The van der Waals surface area contributed by atoms with Crippen LogP contribution in [0.15, 0.2) is 18.2 Å². The van der Waals surface area contributed by atoms with E-state index in [1.165, 1.54) is 0 Å². The molecule has 2 aliphatic heterocycles. The first-order chi connectivity index (χ1) is 11.1. The van der Waals surface area contributed by atoms with Crippen molar-refractivity contribution in [3.8, 4) is 11.5 Å². The third-order valence-corrected chi connectivity index (χ3v) is 4.40. The summed E-state index contributed by atoms with van der Waals surface area (Å²) in [6.45, 7) is 7.59. The number of amides is 2. The lowest BCUT2D eigenvalue weighted by Crippen LogP contribution is -2.47. The normalized spacial score (nSPS) is 18.7. The summed E-state index contributed by atoms with van der Waals surface area (Å²) in [7, 11) is 0. The lowest BCUT2D eigenvalue weighted by molar-refractivity contribution is 0.163. The van der Waals surface area contributed by atoms with Crippen LogP contribution in [0, 0.1) is 0 Å². The first-order valence-corrected chi connectivity index (χ1v) is 8.33. The van der Waals surface area contributed by atoms with E-state index in [2.05, 4.69) is 29.4 Å². The van der Waals surface area contributed by atoms with Crippen LogP contribution in [0.3, 0.4) is 0 Å². The monoisotopic (exact) mass is 319 g/mol. The van der Waals surface area contributed by atoms with Crippen molar-refractivity contribution in [3.05, 3.63) is 18.2 Å². The number of urea groups is 1. The molecule has 2 aliphatic rings. The van der Waals surface area contributed by atoms with Crippen LogP contribution in [0.2, 0.25) is 0 Å². The minimum Gasteiger partial charge on any atom is -0.486 e. The Morgan fingerprint density at radius 3 is 2.57 bits per heavy atom. The van der Waals surface area contributed by atoms with Crippen LogP contribution in [0.5, 0.6) is 11.5 Å². The van der Waals surface area contributed by atoms with Crippen molar-refractivity contribution in [3.63, 3.8) is 0 Å². The maximum absolute atomic E-state index is 12.2. The van der Waals surface area contributed by atoms with Crippen LogP contribution in [-0.4, -0.2) is 49.3 Å². The summed E-state index contributed by atoms with van der Waals surface area (Å²) in [6, 6.07) is 6.10. The summed E-state index contributed by atoms with van der Waals surface area (Å²) in [5, 5.41) is 5.93. The van der Waals surface area contributed by atoms with Gasteiger partial charge in [-0.2, -0.15) is 0 Å². The first kappa shape index (κ1) is 15.9. The molecule has 0 radical (unpaired) electrons. The van der Waals surface area contributed by atoms with Gasteiger partial charge in [-0.3, -0.25) is 0 Å². The minimum atomic E-state index is -0.162. The molecule has 6 nitrogen and oxygen atoms in total. The summed E-state index contributed by atoms with van der Waals surface area (Å²) in [5.41, 5.74) is 0.714. The van der Waals surface area contributed by atoms with Gasteiger partial charge in [0.1, 0.15) is 13.2 Å². The topological polar surface area (TPSA) is 62.8 Å².